The fraction of sp³-hybridized carbons (Fsp3) is 1.00. The summed E-state index contributed by atoms with van der Waals surface area (Å²) in [5.41, 5.74) is 0.229. The Morgan fingerprint density at radius 2 is 0.857 bits per heavy atom. The molecule has 0 N–H and O–H groups in total. The molecule has 4 bridgehead atoms. The molecule has 72 valence electrons. The highest BCUT2D eigenvalue weighted by Crippen LogP contribution is 2.70. The molecule has 4 fully saturated rings. The first kappa shape index (κ1) is 6.64. The molecule has 0 unspecified atom stereocenters. The van der Waals surface area contributed by atoms with Gasteiger partial charge in [0.15, 0.2) is 11.3 Å². The summed E-state index contributed by atoms with van der Waals surface area (Å²) >= 11 is 0. The molecule has 0 aromatic heterocycles. The lowest BCUT2D eigenvalue weighted by molar-refractivity contribution is -0.0544. The molecule has 0 aromatic carbocycles. The van der Waals surface area contributed by atoms with Crippen molar-refractivity contribution in [2.45, 2.75) is 37.0 Å². The lowest BCUT2D eigenvalue weighted by Gasteiger charge is -2.54. The molecule has 4 nitrogen and oxygen atoms in total. The monoisotopic (exact) mass is 188 g/mol. The van der Waals surface area contributed by atoms with Crippen LogP contribution in [0.4, 0.5) is 0 Å². The second-order valence-electron chi connectivity index (χ2n) is 5.70. The number of hydrogen-bond acceptors (Lipinski definition) is 4. The molecular formula is C10H12N4. The number of nitrogens with zero attached hydrogens (tertiary/aromatic N) is 4. The van der Waals surface area contributed by atoms with Gasteiger partial charge in [-0.2, -0.15) is 20.5 Å². The van der Waals surface area contributed by atoms with Crippen LogP contribution in [0, 0.1) is 23.7 Å². The van der Waals surface area contributed by atoms with Crippen LogP contribution < -0.4 is 0 Å². The molecule has 4 saturated carbocycles. The van der Waals surface area contributed by atoms with Crippen LogP contribution in [0.25, 0.3) is 0 Å². The van der Waals surface area contributed by atoms with E-state index in [1.165, 1.54) is 25.7 Å². The van der Waals surface area contributed by atoms with E-state index < -0.39 is 0 Å². The molecule has 0 saturated heterocycles. The average molecular weight is 188 g/mol. The third kappa shape index (κ3) is 0.481. The lowest BCUT2D eigenvalue weighted by Crippen LogP contribution is -2.58. The Balaban J connectivity index is 1.63. The molecule has 0 aromatic rings. The largest absolute Gasteiger partial charge is 0.196 e. The molecule has 14 heavy (non-hydrogen) atoms. The summed E-state index contributed by atoms with van der Waals surface area (Å²) in [4.78, 5) is 0. The zero-order valence-electron chi connectivity index (χ0n) is 7.93. The van der Waals surface area contributed by atoms with Crippen LogP contribution >= 0.6 is 0 Å². The van der Waals surface area contributed by atoms with Crippen molar-refractivity contribution >= 4 is 0 Å². The summed E-state index contributed by atoms with van der Waals surface area (Å²) in [7, 11) is 0. The van der Waals surface area contributed by atoms with Gasteiger partial charge in [0.1, 0.15) is 0 Å². The smallest absolute Gasteiger partial charge is 0.158 e. The lowest BCUT2D eigenvalue weighted by atomic mass is 9.49. The van der Waals surface area contributed by atoms with Crippen molar-refractivity contribution in [3.63, 3.8) is 0 Å². The molecule has 2 spiro atoms. The second-order valence-corrected chi connectivity index (χ2v) is 5.70. The quantitative estimate of drug-likeness (QED) is 0.560. The van der Waals surface area contributed by atoms with Crippen LogP contribution in [-0.4, -0.2) is 11.3 Å². The van der Waals surface area contributed by atoms with Gasteiger partial charge in [0, 0.05) is 23.7 Å². The van der Waals surface area contributed by atoms with Crippen LogP contribution in [0.3, 0.4) is 0 Å². The average Bonchev–Trinajstić information content (AvgIpc) is 3.01. The van der Waals surface area contributed by atoms with E-state index in [-0.39, 0.29) is 11.3 Å². The van der Waals surface area contributed by atoms with Crippen molar-refractivity contribution in [2.75, 3.05) is 0 Å². The van der Waals surface area contributed by atoms with E-state index in [1.54, 1.807) is 0 Å². The molecule has 0 atom stereocenters. The third-order valence-corrected chi connectivity index (χ3v) is 5.34. The van der Waals surface area contributed by atoms with Gasteiger partial charge in [-0.3, -0.25) is 0 Å². The zero-order chi connectivity index (χ0) is 8.97. The Morgan fingerprint density at radius 3 is 1.07 bits per heavy atom. The topological polar surface area (TPSA) is 49.4 Å². The highest BCUT2D eigenvalue weighted by atomic mass is 15.5. The summed E-state index contributed by atoms with van der Waals surface area (Å²) in [6, 6.07) is 0. The minimum Gasteiger partial charge on any atom is -0.158 e. The molecule has 4 heteroatoms. The van der Waals surface area contributed by atoms with Crippen LogP contribution in [0.15, 0.2) is 20.5 Å². The van der Waals surface area contributed by atoms with Gasteiger partial charge in [0.05, 0.1) is 0 Å². The number of hydrogen-bond donors (Lipinski definition) is 0. The summed E-state index contributed by atoms with van der Waals surface area (Å²) in [6.07, 6.45) is 5.14. The van der Waals surface area contributed by atoms with Crippen molar-refractivity contribution in [3.05, 3.63) is 0 Å². The fourth-order valence-electron chi connectivity index (χ4n) is 4.58. The molecule has 0 radical (unpaired) electrons. The van der Waals surface area contributed by atoms with Gasteiger partial charge in [-0.15, -0.1) is 0 Å². The summed E-state index contributed by atoms with van der Waals surface area (Å²) in [6.45, 7) is 0. The Kier molecular flexibility index (Phi) is 0.746. The van der Waals surface area contributed by atoms with Crippen molar-refractivity contribution < 1.29 is 0 Å². The van der Waals surface area contributed by atoms with Crippen molar-refractivity contribution in [1.82, 2.24) is 0 Å². The Labute approximate surface area is 81.9 Å². The van der Waals surface area contributed by atoms with E-state index in [1.807, 2.05) is 0 Å². The van der Waals surface area contributed by atoms with Gasteiger partial charge >= 0.3 is 0 Å². The summed E-state index contributed by atoms with van der Waals surface area (Å²) in [5, 5.41) is 17.5. The molecule has 6 aliphatic rings. The van der Waals surface area contributed by atoms with Crippen LogP contribution in [0.5, 0.6) is 0 Å². The second kappa shape index (κ2) is 1.57. The highest BCUT2D eigenvalue weighted by Gasteiger charge is 2.72. The Hall–Kier alpha value is -0.800. The Bertz CT molecular complexity index is 317. The SMILES string of the molecule is C1C2CC3CC(CC1C31N=N1)C21N=N1. The van der Waals surface area contributed by atoms with Crippen molar-refractivity contribution in [1.29, 1.82) is 0 Å². The van der Waals surface area contributed by atoms with Gasteiger partial charge in [0.2, 0.25) is 0 Å². The van der Waals surface area contributed by atoms with Crippen LogP contribution in [0.1, 0.15) is 25.7 Å². The van der Waals surface area contributed by atoms with Crippen molar-refractivity contribution in [3.8, 4) is 0 Å². The molecule has 2 aliphatic heterocycles. The van der Waals surface area contributed by atoms with Gasteiger partial charge < -0.3 is 0 Å². The van der Waals surface area contributed by atoms with Gasteiger partial charge in [0.25, 0.3) is 0 Å². The van der Waals surface area contributed by atoms with E-state index in [4.69, 9.17) is 0 Å². The highest BCUT2D eigenvalue weighted by molar-refractivity contribution is 5.23. The standard InChI is InChI=1S/C10H12N4/c1-5-2-7-4-8(9(5)11-12-9)3-6(1)10(7)13-14-10/h5-8H,1-4H2. The Morgan fingerprint density at radius 1 is 0.571 bits per heavy atom. The van der Waals surface area contributed by atoms with Crippen LogP contribution in [0.2, 0.25) is 0 Å². The molecule has 4 aliphatic carbocycles. The van der Waals surface area contributed by atoms with Crippen molar-refractivity contribution in [2.24, 2.45) is 44.1 Å². The predicted molar refractivity (Wildman–Crippen MR) is 47.6 cm³/mol. The molecule has 2 heterocycles. The first-order chi connectivity index (χ1) is 6.83. The maximum atomic E-state index is 4.36. The fourth-order valence-corrected chi connectivity index (χ4v) is 4.58. The molecule has 0 amide bonds. The number of rotatable bonds is 0. The zero-order valence-corrected chi connectivity index (χ0v) is 7.93. The van der Waals surface area contributed by atoms with Crippen LogP contribution in [-0.2, 0) is 0 Å². The maximum Gasteiger partial charge on any atom is 0.196 e. The minimum absolute atomic E-state index is 0.115. The summed E-state index contributed by atoms with van der Waals surface area (Å²) < 4.78 is 0. The molecule has 6 rings (SSSR count). The molecular weight excluding hydrogens is 176 g/mol. The van der Waals surface area contributed by atoms with E-state index in [9.17, 15) is 0 Å². The maximum absolute atomic E-state index is 4.36. The first-order valence-electron chi connectivity index (χ1n) is 5.72. The van der Waals surface area contributed by atoms with Gasteiger partial charge in [-0.25, -0.2) is 0 Å². The third-order valence-electron chi connectivity index (χ3n) is 5.34. The van der Waals surface area contributed by atoms with E-state index in [0.29, 0.717) is 0 Å². The predicted octanol–water partition coefficient (Wildman–Crippen LogP) is 2.38. The normalized spacial score (nSPS) is 56.0. The van der Waals surface area contributed by atoms with E-state index >= 15 is 0 Å². The minimum atomic E-state index is 0.115. The first-order valence-corrected chi connectivity index (χ1v) is 5.72. The summed E-state index contributed by atoms with van der Waals surface area (Å²) in [5.74, 6) is 3.01. The van der Waals surface area contributed by atoms with E-state index in [0.717, 1.165) is 23.7 Å². The van der Waals surface area contributed by atoms with E-state index in [2.05, 4.69) is 20.5 Å². The van der Waals surface area contributed by atoms with Gasteiger partial charge in [-0.1, -0.05) is 0 Å². The van der Waals surface area contributed by atoms with Gasteiger partial charge in [-0.05, 0) is 25.7 Å².